The number of piperazine rings is 1. The second-order valence-electron chi connectivity index (χ2n) is 11.7. The van der Waals surface area contributed by atoms with E-state index in [9.17, 15) is 4.79 Å². The van der Waals surface area contributed by atoms with Crippen LogP contribution in [0.3, 0.4) is 0 Å². The van der Waals surface area contributed by atoms with Crippen molar-refractivity contribution < 1.29 is 14.2 Å². The maximum absolute atomic E-state index is 12.8. The van der Waals surface area contributed by atoms with Crippen LogP contribution >= 0.6 is 0 Å². The fourth-order valence-corrected chi connectivity index (χ4v) is 5.93. The molecule has 0 N–H and O–H groups in total. The summed E-state index contributed by atoms with van der Waals surface area (Å²) >= 11 is 0. The molecule has 244 valence electrons. The Morgan fingerprint density at radius 1 is 0.894 bits per heavy atom. The minimum absolute atomic E-state index is 0.0686. The highest BCUT2D eigenvalue weighted by atomic mass is 16.8. The van der Waals surface area contributed by atoms with Crippen LogP contribution in [-0.2, 0) is 21.8 Å². The number of hydrogen-bond donors (Lipinski definition) is 0. The third-order valence-corrected chi connectivity index (χ3v) is 8.76. The molecule has 14 nitrogen and oxygen atoms in total. The normalized spacial score (nSPS) is 20.4. The van der Waals surface area contributed by atoms with Gasteiger partial charge in [0.1, 0.15) is 43.4 Å². The van der Waals surface area contributed by atoms with Crippen molar-refractivity contribution in [2.24, 2.45) is 0 Å². The molecule has 0 saturated carbocycles. The lowest BCUT2D eigenvalue weighted by atomic mass is 10.2. The summed E-state index contributed by atoms with van der Waals surface area (Å²) in [6, 6.07) is 18.1. The highest BCUT2D eigenvalue weighted by Crippen LogP contribution is 2.35. The number of benzene rings is 2. The third-order valence-electron chi connectivity index (χ3n) is 8.76. The molecule has 0 aliphatic carbocycles. The molecular weight excluding hydrogens is 600 g/mol. The molecule has 5 heterocycles. The van der Waals surface area contributed by atoms with Crippen molar-refractivity contribution >= 4 is 11.4 Å². The van der Waals surface area contributed by atoms with Gasteiger partial charge in [0.05, 0.1) is 30.7 Å². The average molecular weight is 639 g/mol. The van der Waals surface area contributed by atoms with E-state index in [1.54, 1.807) is 40.2 Å². The number of ether oxygens (including phenoxy) is 3. The molecule has 2 aliphatic heterocycles. The molecule has 1 unspecified atom stereocenters. The molecule has 3 aromatic heterocycles. The quantitative estimate of drug-likeness (QED) is 0.212. The van der Waals surface area contributed by atoms with Crippen molar-refractivity contribution in [1.29, 1.82) is 0 Å². The predicted molar refractivity (Wildman–Crippen MR) is 174 cm³/mol. The van der Waals surface area contributed by atoms with Gasteiger partial charge in [-0.25, -0.2) is 24.0 Å². The minimum atomic E-state index is -1.12. The molecule has 0 radical (unpaired) electrons. The van der Waals surface area contributed by atoms with Gasteiger partial charge in [0.15, 0.2) is 0 Å². The largest absolute Gasteiger partial charge is 0.491 e. The van der Waals surface area contributed by atoms with Crippen molar-refractivity contribution in [3.8, 4) is 11.4 Å². The monoisotopic (exact) mass is 638 g/mol. The molecule has 47 heavy (non-hydrogen) atoms. The molecule has 3 atom stereocenters. The van der Waals surface area contributed by atoms with Crippen LogP contribution in [0.25, 0.3) is 5.69 Å². The van der Waals surface area contributed by atoms with Crippen LogP contribution in [0.15, 0.2) is 90.6 Å². The van der Waals surface area contributed by atoms with Gasteiger partial charge in [-0.3, -0.25) is 0 Å². The Morgan fingerprint density at radius 2 is 1.55 bits per heavy atom. The van der Waals surface area contributed by atoms with Gasteiger partial charge in [-0.15, -0.1) is 0 Å². The summed E-state index contributed by atoms with van der Waals surface area (Å²) < 4.78 is 21.8. The Labute approximate surface area is 272 Å². The van der Waals surface area contributed by atoms with Gasteiger partial charge in [0.25, 0.3) is 0 Å². The molecule has 2 aliphatic rings. The van der Waals surface area contributed by atoms with Gasteiger partial charge in [0.2, 0.25) is 5.79 Å². The summed E-state index contributed by atoms with van der Waals surface area (Å²) in [6.07, 6.45) is 8.51. The summed E-state index contributed by atoms with van der Waals surface area (Å²) in [5.74, 6) is -0.362. The highest BCUT2D eigenvalue weighted by Gasteiger charge is 2.46. The summed E-state index contributed by atoms with van der Waals surface area (Å²) in [4.78, 5) is 27.5. The first-order chi connectivity index (χ1) is 23.0. The molecule has 0 bridgehead atoms. The molecule has 2 saturated heterocycles. The second kappa shape index (κ2) is 13.3. The van der Waals surface area contributed by atoms with Gasteiger partial charge >= 0.3 is 5.69 Å². The minimum Gasteiger partial charge on any atom is -0.491 e. The Balaban J connectivity index is 0.913. The molecule has 2 fully saturated rings. The fraction of sp³-hybridized carbons (Fsp3) is 0.394. The van der Waals surface area contributed by atoms with Gasteiger partial charge in [-0.05, 0) is 67.9 Å². The number of rotatable bonds is 11. The molecule has 14 heteroatoms. The molecule has 0 amide bonds. The van der Waals surface area contributed by atoms with Crippen molar-refractivity contribution in [1.82, 2.24) is 39.3 Å². The first-order valence-electron chi connectivity index (χ1n) is 15.9. The molecular formula is C33H38N10O4. The molecule has 2 aromatic carbocycles. The van der Waals surface area contributed by atoms with Crippen LogP contribution in [0.1, 0.15) is 32.0 Å². The SMILES string of the molecule is CCC(C)n1ncn(-c2ccc(N3CCN(c4ccc(OC[C@@H]5CO[C@@](Cn6nccn6)(c6ccncn6)O5)cc4)CC3)cc2)c1=O. The molecule has 5 aromatic rings. The topological polar surface area (TPSA) is 130 Å². The van der Waals surface area contributed by atoms with Gasteiger partial charge < -0.3 is 24.0 Å². The van der Waals surface area contributed by atoms with E-state index in [0.29, 0.717) is 18.9 Å². The van der Waals surface area contributed by atoms with Gasteiger partial charge in [-0.2, -0.15) is 20.1 Å². The summed E-state index contributed by atoms with van der Waals surface area (Å²) in [5.41, 5.74) is 3.61. The molecule has 0 spiro atoms. The Kier molecular flexibility index (Phi) is 8.68. The van der Waals surface area contributed by atoms with Gasteiger partial charge in [-0.1, -0.05) is 6.92 Å². The van der Waals surface area contributed by atoms with Gasteiger partial charge in [0, 0.05) is 43.8 Å². The average Bonchev–Trinajstić information content (AvgIpc) is 3.89. The van der Waals surface area contributed by atoms with E-state index in [1.807, 2.05) is 38.1 Å². The highest BCUT2D eigenvalue weighted by molar-refractivity contribution is 5.54. The number of anilines is 2. The zero-order valence-corrected chi connectivity index (χ0v) is 26.5. The van der Waals surface area contributed by atoms with E-state index < -0.39 is 5.79 Å². The Hall–Kier alpha value is -5.08. The standard InChI is InChI=1S/C33H38N10O4/c1-3-25(2)43-32(44)41(24-38-43)28-6-4-26(5-7-28)39-16-18-40(19-17-39)27-8-10-29(11-9-27)45-20-30-21-46-33(47-30,22-42-36-14-15-37-42)31-12-13-34-23-35-31/h4-15,23-25,30H,3,16-22H2,1-2H3/t25?,30-,33-/m1/s1. The second-order valence-corrected chi connectivity index (χ2v) is 11.7. The fourth-order valence-electron chi connectivity index (χ4n) is 5.93. The molecule has 7 rings (SSSR count). The number of nitrogens with zero attached hydrogens (tertiary/aromatic N) is 10. The number of aromatic nitrogens is 8. The van der Waals surface area contributed by atoms with E-state index in [0.717, 1.165) is 55.4 Å². The first-order valence-corrected chi connectivity index (χ1v) is 15.9. The Morgan fingerprint density at radius 3 is 2.19 bits per heavy atom. The van der Waals surface area contributed by atoms with E-state index in [-0.39, 0.29) is 24.4 Å². The number of hydrogen-bond acceptors (Lipinski definition) is 11. The smallest absolute Gasteiger partial charge is 0.350 e. The van der Waals surface area contributed by atoms with Crippen LogP contribution in [0, 0.1) is 0 Å². The van der Waals surface area contributed by atoms with Crippen LogP contribution in [0.5, 0.6) is 5.75 Å². The lowest BCUT2D eigenvalue weighted by Crippen LogP contribution is -2.46. The zero-order valence-electron chi connectivity index (χ0n) is 26.5. The van der Waals surface area contributed by atoms with E-state index in [2.05, 4.69) is 59.3 Å². The lowest BCUT2D eigenvalue weighted by Gasteiger charge is -2.37. The van der Waals surface area contributed by atoms with Crippen LogP contribution in [0.2, 0.25) is 0 Å². The summed E-state index contributed by atoms with van der Waals surface area (Å²) in [5, 5.41) is 12.7. The summed E-state index contributed by atoms with van der Waals surface area (Å²) in [7, 11) is 0. The summed E-state index contributed by atoms with van der Waals surface area (Å²) in [6.45, 7) is 8.56. The third kappa shape index (κ3) is 6.46. The first kappa shape index (κ1) is 30.6. The lowest BCUT2D eigenvalue weighted by molar-refractivity contribution is -0.195. The van der Waals surface area contributed by atoms with Crippen LogP contribution in [-0.4, -0.2) is 84.8 Å². The van der Waals surface area contributed by atoms with Crippen molar-refractivity contribution in [2.75, 3.05) is 49.2 Å². The van der Waals surface area contributed by atoms with E-state index in [4.69, 9.17) is 14.2 Å². The van der Waals surface area contributed by atoms with E-state index >= 15 is 0 Å². The Bertz CT molecular complexity index is 1790. The van der Waals surface area contributed by atoms with Crippen LogP contribution < -0.4 is 20.2 Å². The van der Waals surface area contributed by atoms with Crippen molar-refractivity contribution in [3.63, 3.8) is 0 Å². The van der Waals surface area contributed by atoms with E-state index in [1.165, 1.54) is 11.1 Å². The predicted octanol–water partition coefficient (Wildman–Crippen LogP) is 3.06. The van der Waals surface area contributed by atoms with Crippen molar-refractivity contribution in [2.45, 2.75) is 44.7 Å². The van der Waals surface area contributed by atoms with Crippen molar-refractivity contribution in [3.05, 3.63) is 102 Å². The maximum atomic E-state index is 12.8. The van der Waals surface area contributed by atoms with Crippen LogP contribution in [0.4, 0.5) is 11.4 Å². The maximum Gasteiger partial charge on any atom is 0.350 e. The zero-order chi connectivity index (χ0) is 32.2.